The highest BCUT2D eigenvalue weighted by Crippen LogP contribution is 2.15. The summed E-state index contributed by atoms with van der Waals surface area (Å²) in [4.78, 5) is 0. The van der Waals surface area contributed by atoms with E-state index in [1.54, 1.807) is 18.0 Å². The van der Waals surface area contributed by atoms with Crippen LogP contribution in [0.2, 0.25) is 0 Å². The summed E-state index contributed by atoms with van der Waals surface area (Å²) in [6.07, 6.45) is 3.32. The van der Waals surface area contributed by atoms with Gasteiger partial charge < -0.3 is 5.11 Å². The van der Waals surface area contributed by atoms with Crippen molar-refractivity contribution in [2.75, 3.05) is 12.0 Å². The molecule has 0 aliphatic rings. The van der Waals surface area contributed by atoms with Crippen molar-refractivity contribution in [1.82, 2.24) is 9.78 Å². The van der Waals surface area contributed by atoms with Crippen LogP contribution in [-0.4, -0.2) is 26.9 Å². The SMILES string of the molecule is CCn1nccc1C(O)CSC. The van der Waals surface area contributed by atoms with Crippen molar-refractivity contribution in [2.24, 2.45) is 0 Å². The van der Waals surface area contributed by atoms with Crippen LogP contribution in [0.15, 0.2) is 12.3 Å². The van der Waals surface area contributed by atoms with Crippen molar-refractivity contribution in [3.8, 4) is 0 Å². The molecule has 0 bridgehead atoms. The smallest absolute Gasteiger partial charge is 0.105 e. The van der Waals surface area contributed by atoms with Crippen LogP contribution < -0.4 is 0 Å². The van der Waals surface area contributed by atoms with Gasteiger partial charge in [0, 0.05) is 18.5 Å². The third-order valence-corrected chi connectivity index (χ3v) is 2.36. The van der Waals surface area contributed by atoms with Gasteiger partial charge in [-0.05, 0) is 19.2 Å². The van der Waals surface area contributed by atoms with Crippen LogP contribution >= 0.6 is 11.8 Å². The maximum absolute atomic E-state index is 9.64. The quantitative estimate of drug-likeness (QED) is 0.770. The summed E-state index contributed by atoms with van der Waals surface area (Å²) >= 11 is 1.64. The van der Waals surface area contributed by atoms with Gasteiger partial charge in [0.2, 0.25) is 0 Å². The van der Waals surface area contributed by atoms with Crippen molar-refractivity contribution in [2.45, 2.75) is 19.6 Å². The molecule has 1 atom stereocenters. The van der Waals surface area contributed by atoms with Gasteiger partial charge in [-0.1, -0.05) is 0 Å². The zero-order valence-corrected chi connectivity index (χ0v) is 8.21. The molecule has 0 aromatic carbocycles. The summed E-state index contributed by atoms with van der Waals surface area (Å²) in [6, 6.07) is 1.87. The summed E-state index contributed by atoms with van der Waals surface area (Å²) in [7, 11) is 0. The molecule has 12 heavy (non-hydrogen) atoms. The molecule has 0 aliphatic carbocycles. The second kappa shape index (κ2) is 4.52. The molecule has 1 N–H and O–H groups in total. The molecule has 3 nitrogen and oxygen atoms in total. The number of aliphatic hydroxyl groups is 1. The Labute approximate surface area is 76.8 Å². The molecule has 1 heterocycles. The van der Waals surface area contributed by atoms with E-state index in [0.29, 0.717) is 0 Å². The molecule has 68 valence electrons. The van der Waals surface area contributed by atoms with E-state index in [4.69, 9.17) is 0 Å². The van der Waals surface area contributed by atoms with Crippen LogP contribution in [0.5, 0.6) is 0 Å². The van der Waals surface area contributed by atoms with Crippen molar-refractivity contribution in [3.05, 3.63) is 18.0 Å². The van der Waals surface area contributed by atoms with E-state index in [-0.39, 0.29) is 6.10 Å². The molecule has 0 saturated heterocycles. The fourth-order valence-electron chi connectivity index (χ4n) is 1.13. The van der Waals surface area contributed by atoms with Crippen molar-refractivity contribution in [1.29, 1.82) is 0 Å². The van der Waals surface area contributed by atoms with E-state index >= 15 is 0 Å². The first-order chi connectivity index (χ1) is 5.79. The van der Waals surface area contributed by atoms with Crippen LogP contribution in [-0.2, 0) is 6.54 Å². The Morgan fingerprint density at radius 3 is 3.08 bits per heavy atom. The minimum absolute atomic E-state index is 0.387. The number of hydrogen-bond acceptors (Lipinski definition) is 3. The lowest BCUT2D eigenvalue weighted by molar-refractivity contribution is 0.192. The van der Waals surface area contributed by atoms with Crippen LogP contribution in [0, 0.1) is 0 Å². The number of aromatic nitrogens is 2. The number of rotatable bonds is 4. The first-order valence-corrected chi connectivity index (χ1v) is 5.37. The lowest BCUT2D eigenvalue weighted by atomic mass is 10.3. The summed E-state index contributed by atoms with van der Waals surface area (Å²) in [5, 5.41) is 13.7. The lowest BCUT2D eigenvalue weighted by Gasteiger charge is -2.10. The Hall–Kier alpha value is -0.480. The lowest BCUT2D eigenvalue weighted by Crippen LogP contribution is -2.09. The highest BCUT2D eigenvalue weighted by Gasteiger charge is 2.10. The molecule has 0 fully saturated rings. The molecule has 0 radical (unpaired) electrons. The molecule has 0 amide bonds. The fourth-order valence-corrected chi connectivity index (χ4v) is 1.62. The second-order valence-electron chi connectivity index (χ2n) is 2.54. The van der Waals surface area contributed by atoms with Crippen molar-refractivity contribution in [3.63, 3.8) is 0 Å². The molecular weight excluding hydrogens is 172 g/mol. The van der Waals surface area contributed by atoms with E-state index in [0.717, 1.165) is 18.0 Å². The molecule has 1 rings (SSSR count). The van der Waals surface area contributed by atoms with Crippen molar-refractivity contribution >= 4 is 11.8 Å². The Morgan fingerprint density at radius 2 is 2.50 bits per heavy atom. The topological polar surface area (TPSA) is 38.0 Å². The van der Waals surface area contributed by atoms with Crippen LogP contribution in [0.1, 0.15) is 18.7 Å². The Kier molecular flexibility index (Phi) is 3.62. The van der Waals surface area contributed by atoms with Gasteiger partial charge in [-0.3, -0.25) is 4.68 Å². The second-order valence-corrected chi connectivity index (χ2v) is 3.45. The number of aliphatic hydroxyl groups excluding tert-OH is 1. The maximum atomic E-state index is 9.64. The highest BCUT2D eigenvalue weighted by molar-refractivity contribution is 7.98. The van der Waals surface area contributed by atoms with Gasteiger partial charge in [-0.25, -0.2) is 0 Å². The van der Waals surface area contributed by atoms with Crippen LogP contribution in [0.25, 0.3) is 0 Å². The van der Waals surface area contributed by atoms with Gasteiger partial charge >= 0.3 is 0 Å². The van der Waals surface area contributed by atoms with Gasteiger partial charge in [-0.15, -0.1) is 0 Å². The first-order valence-electron chi connectivity index (χ1n) is 3.98. The van der Waals surface area contributed by atoms with Gasteiger partial charge in [0.25, 0.3) is 0 Å². The predicted molar refractivity (Wildman–Crippen MR) is 51.2 cm³/mol. The largest absolute Gasteiger partial charge is 0.386 e. The monoisotopic (exact) mass is 186 g/mol. The van der Waals surface area contributed by atoms with Gasteiger partial charge in [-0.2, -0.15) is 16.9 Å². The average Bonchev–Trinajstić information content (AvgIpc) is 2.51. The fraction of sp³-hybridized carbons (Fsp3) is 0.625. The summed E-state index contributed by atoms with van der Waals surface area (Å²) in [6.45, 7) is 2.83. The third kappa shape index (κ3) is 2.01. The van der Waals surface area contributed by atoms with E-state index in [1.165, 1.54) is 0 Å². The first kappa shape index (κ1) is 9.61. The molecule has 0 spiro atoms. The minimum Gasteiger partial charge on any atom is -0.386 e. The normalized spacial score (nSPS) is 13.2. The molecular formula is C8H14N2OS. The zero-order valence-electron chi connectivity index (χ0n) is 7.40. The molecule has 4 heteroatoms. The van der Waals surface area contributed by atoms with E-state index in [2.05, 4.69) is 5.10 Å². The standard InChI is InChI=1S/C8H14N2OS/c1-3-10-7(4-5-9-10)8(11)6-12-2/h4-5,8,11H,3,6H2,1-2H3. The number of hydrogen-bond donors (Lipinski definition) is 1. The molecule has 0 aliphatic heterocycles. The molecule has 1 aromatic rings. The number of nitrogens with zero attached hydrogens (tertiary/aromatic N) is 2. The average molecular weight is 186 g/mol. The third-order valence-electron chi connectivity index (χ3n) is 1.71. The predicted octanol–water partition coefficient (Wildman–Crippen LogP) is 1.30. The van der Waals surface area contributed by atoms with Gasteiger partial charge in [0.1, 0.15) is 6.10 Å². The van der Waals surface area contributed by atoms with Crippen LogP contribution in [0.4, 0.5) is 0 Å². The number of thioether (sulfide) groups is 1. The van der Waals surface area contributed by atoms with Gasteiger partial charge in [0.15, 0.2) is 0 Å². The zero-order chi connectivity index (χ0) is 8.97. The van der Waals surface area contributed by atoms with Crippen molar-refractivity contribution < 1.29 is 5.11 Å². The summed E-state index contributed by atoms with van der Waals surface area (Å²) < 4.78 is 1.82. The van der Waals surface area contributed by atoms with E-state index < -0.39 is 0 Å². The summed E-state index contributed by atoms with van der Waals surface area (Å²) in [5.74, 6) is 0.728. The Bertz CT molecular complexity index is 237. The maximum Gasteiger partial charge on any atom is 0.105 e. The highest BCUT2D eigenvalue weighted by atomic mass is 32.2. The molecule has 1 unspecified atom stereocenters. The Balaban J connectivity index is 2.71. The molecule has 0 saturated carbocycles. The van der Waals surface area contributed by atoms with Crippen LogP contribution in [0.3, 0.4) is 0 Å². The van der Waals surface area contributed by atoms with E-state index in [9.17, 15) is 5.11 Å². The number of aryl methyl sites for hydroxylation is 1. The van der Waals surface area contributed by atoms with E-state index in [1.807, 2.05) is 23.9 Å². The molecule has 1 aromatic heterocycles. The minimum atomic E-state index is -0.387. The van der Waals surface area contributed by atoms with Gasteiger partial charge in [0.05, 0.1) is 5.69 Å². The summed E-state index contributed by atoms with van der Waals surface area (Å²) in [5.41, 5.74) is 0.909. The Morgan fingerprint density at radius 1 is 1.75 bits per heavy atom.